The fourth-order valence-electron chi connectivity index (χ4n) is 4.86. The van der Waals surface area contributed by atoms with Gasteiger partial charge >= 0.3 is 18.1 Å². The van der Waals surface area contributed by atoms with Crippen molar-refractivity contribution in [3.63, 3.8) is 0 Å². The highest BCUT2D eigenvalue weighted by Crippen LogP contribution is 2.41. The van der Waals surface area contributed by atoms with E-state index in [0.29, 0.717) is 41.1 Å². The first kappa shape index (κ1) is 28.9. The number of alkyl halides is 3. The second kappa shape index (κ2) is 10.8. The minimum Gasteiger partial charge on any atom is -0.479 e. The van der Waals surface area contributed by atoms with Gasteiger partial charge in [-0.15, -0.1) is 0 Å². The monoisotopic (exact) mass is 560 g/mol. The van der Waals surface area contributed by atoms with Crippen LogP contribution < -0.4 is 15.3 Å². The lowest BCUT2D eigenvalue weighted by Gasteiger charge is -2.29. The maximum absolute atomic E-state index is 13.8. The normalized spacial score (nSPS) is 14.7. The summed E-state index contributed by atoms with van der Waals surface area (Å²) < 4.78 is 47.7. The molecule has 40 heavy (non-hydrogen) atoms. The number of anilines is 1. The molecule has 0 bridgehead atoms. The molecule has 3 aromatic rings. The Labute approximate surface area is 228 Å². The van der Waals surface area contributed by atoms with E-state index < -0.39 is 35.9 Å². The molecule has 1 saturated heterocycles. The van der Waals surface area contributed by atoms with Gasteiger partial charge in [-0.25, -0.2) is 4.79 Å². The number of carboxylic acid groups (broad SMARTS) is 1. The number of aryl methyl sites for hydroxylation is 1. The Bertz CT molecular complexity index is 1540. The van der Waals surface area contributed by atoms with Crippen LogP contribution in [0.25, 0.3) is 11.0 Å². The molecule has 1 aromatic heterocycles. The van der Waals surface area contributed by atoms with Crippen molar-refractivity contribution >= 4 is 34.4 Å². The first-order valence-electron chi connectivity index (χ1n) is 12.8. The zero-order valence-electron chi connectivity index (χ0n) is 22.7. The second-order valence-electron chi connectivity index (χ2n) is 10.8. The number of aromatic nitrogens is 2. The van der Waals surface area contributed by atoms with Gasteiger partial charge in [-0.1, -0.05) is 32.9 Å². The Kier molecular flexibility index (Phi) is 7.82. The second-order valence-corrected chi connectivity index (χ2v) is 10.8. The van der Waals surface area contributed by atoms with Crippen LogP contribution in [0.4, 0.5) is 18.9 Å². The molecule has 1 aliphatic heterocycles. The number of amides is 1. The molecule has 1 N–H and O–H groups in total. The lowest BCUT2D eigenvalue weighted by Crippen LogP contribution is -2.32. The predicted molar refractivity (Wildman–Crippen MR) is 142 cm³/mol. The van der Waals surface area contributed by atoms with Gasteiger partial charge in [-0.05, 0) is 42.5 Å². The lowest BCUT2D eigenvalue weighted by atomic mass is 9.84. The largest absolute Gasteiger partial charge is 0.479 e. The number of hydrogen-bond donors (Lipinski definition) is 1. The molecule has 0 aliphatic carbocycles. The van der Waals surface area contributed by atoms with Crippen LogP contribution in [0.15, 0.2) is 41.4 Å². The van der Waals surface area contributed by atoms with Gasteiger partial charge in [-0.2, -0.15) is 18.2 Å². The van der Waals surface area contributed by atoms with Gasteiger partial charge in [0.05, 0.1) is 23.3 Å². The van der Waals surface area contributed by atoms with Gasteiger partial charge in [0.2, 0.25) is 5.62 Å². The number of aliphatic carboxylic acids is 1. The number of Topliss-reactive ketones (excluding diaryl/α,β-unsaturated/α-hetero) is 1. The fourth-order valence-corrected chi connectivity index (χ4v) is 4.86. The number of benzene rings is 2. The molecule has 9 nitrogen and oxygen atoms in total. The maximum atomic E-state index is 13.8. The van der Waals surface area contributed by atoms with Crippen LogP contribution in [0, 0.1) is 0 Å². The van der Waals surface area contributed by atoms with Crippen molar-refractivity contribution in [2.45, 2.75) is 51.7 Å². The van der Waals surface area contributed by atoms with Crippen molar-refractivity contribution in [2.75, 3.05) is 24.6 Å². The number of carboxylic acids is 1. The average Bonchev–Trinajstić information content (AvgIpc) is 3.49. The van der Waals surface area contributed by atoms with Crippen molar-refractivity contribution in [3.05, 3.63) is 53.1 Å². The summed E-state index contributed by atoms with van der Waals surface area (Å²) in [4.78, 5) is 42.3. The number of fused-ring (bicyclic) bond motifs is 1. The summed E-state index contributed by atoms with van der Waals surface area (Å²) in [6.45, 7) is 6.20. The number of halogens is 3. The molecule has 1 amide bonds. The molecule has 0 saturated carbocycles. The van der Waals surface area contributed by atoms with E-state index in [1.165, 1.54) is 16.2 Å². The van der Waals surface area contributed by atoms with Gasteiger partial charge in [0.15, 0.2) is 12.4 Å². The van der Waals surface area contributed by atoms with Crippen molar-refractivity contribution < 1.29 is 37.4 Å². The molecule has 4 rings (SSSR count). The molecule has 1 fully saturated rings. The topological polar surface area (TPSA) is 106 Å². The van der Waals surface area contributed by atoms with Crippen molar-refractivity contribution in [2.24, 2.45) is 12.0 Å². The van der Waals surface area contributed by atoms with E-state index in [1.807, 2.05) is 25.7 Å². The Balaban J connectivity index is 1.87. The Morgan fingerprint density at radius 1 is 1.02 bits per heavy atom. The molecule has 0 atom stereocenters. The number of ether oxygens (including phenoxy) is 1. The molecule has 12 heteroatoms. The van der Waals surface area contributed by atoms with Crippen molar-refractivity contribution in [1.82, 2.24) is 9.13 Å². The summed E-state index contributed by atoms with van der Waals surface area (Å²) in [6, 6.07) is 9.95. The van der Waals surface area contributed by atoms with E-state index in [9.17, 15) is 32.7 Å². The number of imidazole rings is 1. The third kappa shape index (κ3) is 5.90. The van der Waals surface area contributed by atoms with Gasteiger partial charge < -0.3 is 23.9 Å². The van der Waals surface area contributed by atoms with E-state index in [1.54, 1.807) is 36.4 Å². The van der Waals surface area contributed by atoms with Gasteiger partial charge in [-0.3, -0.25) is 9.59 Å². The third-order valence-electron chi connectivity index (χ3n) is 6.81. The molecular weight excluding hydrogens is 529 g/mol. The summed E-state index contributed by atoms with van der Waals surface area (Å²) in [7, 11) is 1.48. The third-order valence-corrected chi connectivity index (χ3v) is 6.81. The maximum Gasteiger partial charge on any atom is 0.473 e. The molecular formula is C28H31F3N4O5. The number of para-hydroxylation sites is 2. The van der Waals surface area contributed by atoms with Crippen LogP contribution in [0.1, 0.15) is 49.5 Å². The number of rotatable bonds is 7. The number of nitrogens with zero attached hydrogens (tertiary/aromatic N) is 4. The molecule has 214 valence electrons. The Hall–Kier alpha value is -4.09. The standard InChI is InChI=1S/C28H31F3N4O5/c1-27(2,3)18-13-17(14-21(34-11-7-8-12-34)24(18)40-16-23(37)38)22(36)15-35-20-10-6-5-9-19(20)33(4)26(35)32-25(39)28(29,30)31/h5-6,9-10,13-14H,7-8,11-12,15-16H2,1-4H3,(H,37,38). The minimum absolute atomic E-state index is 0.281. The summed E-state index contributed by atoms with van der Waals surface area (Å²) in [5.41, 5.74) is 1.58. The number of ketones is 1. The quantitative estimate of drug-likeness (QED) is 0.434. The highest BCUT2D eigenvalue weighted by atomic mass is 19.4. The van der Waals surface area contributed by atoms with E-state index in [0.717, 1.165) is 12.8 Å². The van der Waals surface area contributed by atoms with Crippen LogP contribution in [-0.4, -0.2) is 57.8 Å². The first-order chi connectivity index (χ1) is 18.7. The Morgan fingerprint density at radius 3 is 2.23 bits per heavy atom. The van der Waals surface area contributed by atoms with Crippen LogP contribution in [0.2, 0.25) is 0 Å². The van der Waals surface area contributed by atoms with Gasteiger partial charge in [0.1, 0.15) is 5.75 Å². The van der Waals surface area contributed by atoms with Crippen molar-refractivity contribution in [1.29, 1.82) is 0 Å². The van der Waals surface area contributed by atoms with Crippen LogP contribution >= 0.6 is 0 Å². The first-order valence-corrected chi connectivity index (χ1v) is 12.8. The highest BCUT2D eigenvalue weighted by molar-refractivity contribution is 5.98. The molecule has 1 aliphatic rings. The van der Waals surface area contributed by atoms with E-state index in [4.69, 9.17) is 4.74 Å². The summed E-state index contributed by atoms with van der Waals surface area (Å²) in [5, 5.41) is 9.26. The Morgan fingerprint density at radius 2 is 1.65 bits per heavy atom. The fraction of sp³-hybridized carbons (Fsp3) is 0.429. The van der Waals surface area contributed by atoms with Gasteiger partial charge in [0.25, 0.3) is 0 Å². The lowest BCUT2D eigenvalue weighted by molar-refractivity contribution is -0.169. The van der Waals surface area contributed by atoms with Gasteiger partial charge in [0, 0.05) is 31.3 Å². The van der Waals surface area contributed by atoms with Crippen LogP contribution in [-0.2, 0) is 28.6 Å². The zero-order valence-corrected chi connectivity index (χ0v) is 22.7. The van der Waals surface area contributed by atoms with E-state index in [2.05, 4.69) is 4.99 Å². The molecule has 0 spiro atoms. The number of carbonyl (C=O) groups is 3. The van der Waals surface area contributed by atoms with E-state index >= 15 is 0 Å². The SMILES string of the molecule is Cn1c(=NC(=O)C(F)(F)F)n(CC(=O)c2cc(N3CCCC3)c(OCC(=O)O)c(C(C)(C)C)c2)c2ccccc21. The molecule has 0 radical (unpaired) electrons. The highest BCUT2D eigenvalue weighted by Gasteiger charge is 2.39. The summed E-state index contributed by atoms with van der Waals surface area (Å²) in [5.74, 6) is -3.44. The molecule has 2 heterocycles. The summed E-state index contributed by atoms with van der Waals surface area (Å²) in [6.07, 6.45) is -3.33. The molecule has 2 aromatic carbocycles. The summed E-state index contributed by atoms with van der Waals surface area (Å²) >= 11 is 0. The van der Waals surface area contributed by atoms with E-state index in [-0.39, 0.29) is 17.7 Å². The molecule has 0 unspecified atom stereocenters. The average molecular weight is 561 g/mol. The zero-order chi connectivity index (χ0) is 29.4. The minimum atomic E-state index is -5.17. The number of hydrogen-bond acceptors (Lipinski definition) is 5. The number of carbonyl (C=O) groups excluding carboxylic acids is 2. The van der Waals surface area contributed by atoms with Crippen molar-refractivity contribution in [3.8, 4) is 5.75 Å². The smallest absolute Gasteiger partial charge is 0.473 e. The van der Waals surface area contributed by atoms with Crippen LogP contribution in [0.5, 0.6) is 5.75 Å². The predicted octanol–water partition coefficient (Wildman–Crippen LogP) is 4.21. The van der Waals surface area contributed by atoms with Crippen LogP contribution in [0.3, 0.4) is 0 Å².